The molecule has 1 heterocycles. The SMILES string of the molecule is O=C(N[C@@H]1C[C@H]1c1cccc(Cl)c1)c1ccn(C(F)F)n1. The van der Waals surface area contributed by atoms with Crippen molar-refractivity contribution >= 4 is 17.5 Å². The van der Waals surface area contributed by atoms with Crippen LogP contribution in [0.15, 0.2) is 36.5 Å². The number of nitrogens with one attached hydrogen (secondary N) is 1. The van der Waals surface area contributed by atoms with Crippen LogP contribution in [0.4, 0.5) is 8.78 Å². The Balaban J connectivity index is 1.62. The molecule has 3 rings (SSSR count). The van der Waals surface area contributed by atoms with Crippen molar-refractivity contribution in [2.75, 3.05) is 0 Å². The van der Waals surface area contributed by atoms with Crippen LogP contribution in [0, 0.1) is 0 Å². The molecule has 7 heteroatoms. The quantitative estimate of drug-likeness (QED) is 0.942. The van der Waals surface area contributed by atoms with Crippen LogP contribution in [-0.4, -0.2) is 21.7 Å². The summed E-state index contributed by atoms with van der Waals surface area (Å²) >= 11 is 5.93. The Bertz CT molecular complexity index is 674. The van der Waals surface area contributed by atoms with Crippen molar-refractivity contribution in [3.05, 3.63) is 52.8 Å². The van der Waals surface area contributed by atoms with E-state index in [0.717, 1.165) is 18.2 Å². The molecule has 0 aliphatic heterocycles. The molecule has 1 aliphatic rings. The molecule has 1 aromatic heterocycles. The zero-order valence-electron chi connectivity index (χ0n) is 10.8. The Morgan fingerprint density at radius 1 is 1.43 bits per heavy atom. The Morgan fingerprint density at radius 3 is 2.90 bits per heavy atom. The number of amides is 1. The molecule has 0 radical (unpaired) electrons. The first-order valence-electron chi connectivity index (χ1n) is 6.44. The lowest BCUT2D eigenvalue weighted by molar-refractivity contribution is 0.0560. The van der Waals surface area contributed by atoms with Crippen molar-refractivity contribution in [3.8, 4) is 0 Å². The lowest BCUT2D eigenvalue weighted by Gasteiger charge is -2.03. The van der Waals surface area contributed by atoms with Crippen molar-refractivity contribution in [1.82, 2.24) is 15.1 Å². The van der Waals surface area contributed by atoms with Gasteiger partial charge in [-0.2, -0.15) is 13.9 Å². The van der Waals surface area contributed by atoms with Gasteiger partial charge in [-0.1, -0.05) is 23.7 Å². The van der Waals surface area contributed by atoms with Crippen molar-refractivity contribution < 1.29 is 13.6 Å². The van der Waals surface area contributed by atoms with Crippen LogP contribution < -0.4 is 5.32 Å². The van der Waals surface area contributed by atoms with Gasteiger partial charge in [-0.05, 0) is 30.2 Å². The molecule has 1 aromatic carbocycles. The molecule has 1 aliphatic carbocycles. The summed E-state index contributed by atoms with van der Waals surface area (Å²) in [4.78, 5) is 11.9. The van der Waals surface area contributed by atoms with Gasteiger partial charge < -0.3 is 5.32 Å². The van der Waals surface area contributed by atoms with Crippen LogP contribution in [0.2, 0.25) is 5.02 Å². The first-order valence-corrected chi connectivity index (χ1v) is 6.82. The third-order valence-corrected chi connectivity index (χ3v) is 3.66. The fourth-order valence-electron chi connectivity index (χ4n) is 2.27. The van der Waals surface area contributed by atoms with E-state index in [2.05, 4.69) is 10.4 Å². The van der Waals surface area contributed by atoms with Gasteiger partial charge in [0.2, 0.25) is 0 Å². The lowest BCUT2D eigenvalue weighted by Crippen LogP contribution is -2.27. The third kappa shape index (κ3) is 3.05. The first-order chi connectivity index (χ1) is 10.0. The van der Waals surface area contributed by atoms with Gasteiger partial charge in [0.1, 0.15) is 5.69 Å². The van der Waals surface area contributed by atoms with E-state index in [4.69, 9.17) is 11.6 Å². The van der Waals surface area contributed by atoms with E-state index in [9.17, 15) is 13.6 Å². The molecule has 1 fully saturated rings. The van der Waals surface area contributed by atoms with Crippen LogP contribution in [0.5, 0.6) is 0 Å². The number of benzene rings is 1. The smallest absolute Gasteiger partial charge is 0.333 e. The van der Waals surface area contributed by atoms with Crippen LogP contribution in [0.1, 0.15) is 34.9 Å². The van der Waals surface area contributed by atoms with E-state index in [1.165, 1.54) is 6.07 Å². The molecular formula is C14H12ClF2N3O. The highest BCUT2D eigenvalue weighted by Gasteiger charge is 2.39. The zero-order valence-corrected chi connectivity index (χ0v) is 11.6. The molecule has 4 nitrogen and oxygen atoms in total. The molecule has 1 N–H and O–H groups in total. The van der Waals surface area contributed by atoms with E-state index < -0.39 is 12.5 Å². The lowest BCUT2D eigenvalue weighted by atomic mass is 10.1. The number of nitrogens with zero attached hydrogens (tertiary/aromatic N) is 2. The molecular weight excluding hydrogens is 300 g/mol. The number of carbonyl (C=O) groups excluding carboxylic acids is 1. The van der Waals surface area contributed by atoms with Gasteiger partial charge in [-0.3, -0.25) is 4.79 Å². The molecule has 1 saturated carbocycles. The number of hydrogen-bond acceptors (Lipinski definition) is 2. The average molecular weight is 312 g/mol. The van der Waals surface area contributed by atoms with E-state index in [1.54, 1.807) is 6.07 Å². The predicted octanol–water partition coefficient (Wildman–Crippen LogP) is 3.22. The summed E-state index contributed by atoms with van der Waals surface area (Å²) in [5.41, 5.74) is 1.05. The topological polar surface area (TPSA) is 46.9 Å². The molecule has 21 heavy (non-hydrogen) atoms. The normalized spacial score (nSPS) is 20.6. The summed E-state index contributed by atoms with van der Waals surface area (Å²) in [5, 5.41) is 6.98. The van der Waals surface area contributed by atoms with Gasteiger partial charge in [-0.15, -0.1) is 0 Å². The molecule has 0 unspecified atom stereocenters. The van der Waals surface area contributed by atoms with Gasteiger partial charge in [0.15, 0.2) is 0 Å². The second kappa shape index (κ2) is 5.44. The Hall–Kier alpha value is -1.95. The predicted molar refractivity (Wildman–Crippen MR) is 73.5 cm³/mol. The highest BCUT2D eigenvalue weighted by molar-refractivity contribution is 6.30. The average Bonchev–Trinajstić information content (AvgIpc) is 3.01. The first kappa shape index (κ1) is 14.0. The fraction of sp³-hybridized carbons (Fsp3) is 0.286. The number of carbonyl (C=O) groups is 1. The minimum absolute atomic E-state index is 0.00679. The molecule has 0 spiro atoms. The number of rotatable bonds is 4. The summed E-state index contributed by atoms with van der Waals surface area (Å²) in [5.74, 6) is -0.228. The summed E-state index contributed by atoms with van der Waals surface area (Å²) in [7, 11) is 0. The van der Waals surface area contributed by atoms with E-state index in [-0.39, 0.29) is 17.7 Å². The third-order valence-electron chi connectivity index (χ3n) is 3.42. The van der Waals surface area contributed by atoms with E-state index in [1.807, 2.05) is 18.2 Å². The Labute approximate surface area is 124 Å². The standard InChI is InChI=1S/C14H12ClF2N3O/c15-9-3-1-2-8(6-9)10-7-12(10)18-13(21)11-4-5-20(19-11)14(16)17/h1-6,10,12,14H,7H2,(H,18,21)/t10-,12+/m0/s1. The van der Waals surface area contributed by atoms with Crippen molar-refractivity contribution in [3.63, 3.8) is 0 Å². The van der Waals surface area contributed by atoms with Gasteiger partial charge in [-0.25, -0.2) is 4.68 Å². The largest absolute Gasteiger partial charge is 0.347 e. The van der Waals surface area contributed by atoms with Crippen molar-refractivity contribution in [2.45, 2.75) is 24.9 Å². The van der Waals surface area contributed by atoms with Gasteiger partial charge >= 0.3 is 6.55 Å². The maximum atomic E-state index is 12.4. The molecule has 110 valence electrons. The Kier molecular flexibility index (Phi) is 3.63. The number of aromatic nitrogens is 2. The van der Waals surface area contributed by atoms with Gasteiger partial charge in [0, 0.05) is 23.2 Å². The van der Waals surface area contributed by atoms with Crippen LogP contribution >= 0.6 is 11.6 Å². The van der Waals surface area contributed by atoms with E-state index >= 15 is 0 Å². The molecule has 1 amide bonds. The second-order valence-corrected chi connectivity index (χ2v) is 5.37. The summed E-state index contributed by atoms with van der Waals surface area (Å²) in [6, 6.07) is 8.74. The summed E-state index contributed by atoms with van der Waals surface area (Å²) in [6.07, 6.45) is 1.89. The minimum atomic E-state index is -2.74. The van der Waals surface area contributed by atoms with Crippen LogP contribution in [0.25, 0.3) is 0 Å². The molecule has 2 aromatic rings. The van der Waals surface area contributed by atoms with E-state index in [0.29, 0.717) is 9.70 Å². The maximum absolute atomic E-state index is 12.4. The highest BCUT2D eigenvalue weighted by atomic mass is 35.5. The zero-order chi connectivity index (χ0) is 15.0. The fourth-order valence-corrected chi connectivity index (χ4v) is 2.47. The molecule has 0 bridgehead atoms. The van der Waals surface area contributed by atoms with Crippen molar-refractivity contribution in [1.29, 1.82) is 0 Å². The van der Waals surface area contributed by atoms with Crippen LogP contribution in [-0.2, 0) is 0 Å². The maximum Gasteiger partial charge on any atom is 0.333 e. The van der Waals surface area contributed by atoms with Gasteiger partial charge in [0.05, 0.1) is 0 Å². The Morgan fingerprint density at radius 2 is 2.24 bits per heavy atom. The number of halogens is 3. The number of hydrogen-bond donors (Lipinski definition) is 1. The molecule has 2 atom stereocenters. The second-order valence-electron chi connectivity index (χ2n) is 4.94. The summed E-state index contributed by atoms with van der Waals surface area (Å²) < 4.78 is 25.2. The van der Waals surface area contributed by atoms with Gasteiger partial charge in [0.25, 0.3) is 5.91 Å². The minimum Gasteiger partial charge on any atom is -0.347 e. The summed E-state index contributed by atoms with van der Waals surface area (Å²) in [6.45, 7) is -2.74. The van der Waals surface area contributed by atoms with Crippen LogP contribution in [0.3, 0.4) is 0 Å². The highest BCUT2D eigenvalue weighted by Crippen LogP contribution is 2.41. The number of alkyl halides is 2. The molecule has 0 saturated heterocycles. The monoisotopic (exact) mass is 311 g/mol. The van der Waals surface area contributed by atoms with Crippen molar-refractivity contribution in [2.24, 2.45) is 0 Å².